The number of nitrogens with zero attached hydrogens (tertiary/aromatic N) is 4. The Kier molecular flexibility index (Phi) is 3.26. The molecule has 0 spiro atoms. The molecule has 0 fully saturated rings. The zero-order chi connectivity index (χ0) is 13.9. The first-order chi connectivity index (χ1) is 9.72. The van der Waals surface area contributed by atoms with E-state index in [4.69, 9.17) is 4.52 Å². The molecule has 0 saturated carbocycles. The topological polar surface area (TPSA) is 85.3 Å². The van der Waals surface area contributed by atoms with Gasteiger partial charge in [0.15, 0.2) is 5.82 Å². The lowest BCUT2D eigenvalue weighted by Crippen LogP contribution is -2.20. The molecule has 0 aromatic carbocycles. The lowest BCUT2D eigenvalue weighted by molar-refractivity contribution is 0.385. The van der Waals surface area contributed by atoms with Gasteiger partial charge in [-0.05, 0) is 12.1 Å². The first kappa shape index (κ1) is 12.5. The van der Waals surface area contributed by atoms with E-state index in [1.807, 2.05) is 6.07 Å². The first-order valence-corrected chi connectivity index (χ1v) is 6.19. The highest BCUT2D eigenvalue weighted by Gasteiger charge is 2.04. The molecule has 3 heterocycles. The third-order valence-electron chi connectivity index (χ3n) is 2.78. The average Bonchev–Trinajstić information content (AvgIpc) is 2.85. The Hall–Kier alpha value is -2.54. The summed E-state index contributed by atoms with van der Waals surface area (Å²) in [5.74, 6) is 1.11. The third-order valence-corrected chi connectivity index (χ3v) is 2.78. The van der Waals surface area contributed by atoms with E-state index in [0.717, 1.165) is 0 Å². The highest BCUT2D eigenvalue weighted by atomic mass is 16.5. The quantitative estimate of drug-likeness (QED) is 0.751. The first-order valence-electron chi connectivity index (χ1n) is 6.19. The second kappa shape index (κ2) is 5.22. The van der Waals surface area contributed by atoms with Crippen molar-refractivity contribution in [1.29, 1.82) is 0 Å². The molecule has 0 bridgehead atoms. The molecule has 0 aliphatic heterocycles. The van der Waals surface area contributed by atoms with Crippen LogP contribution in [0.5, 0.6) is 0 Å². The largest absolute Gasteiger partial charge is 0.340 e. The van der Waals surface area contributed by atoms with Crippen molar-refractivity contribution in [3.8, 4) is 0 Å². The highest BCUT2D eigenvalue weighted by Crippen LogP contribution is 1.99. The van der Waals surface area contributed by atoms with Crippen LogP contribution in [0.3, 0.4) is 0 Å². The molecule has 0 radical (unpaired) electrons. The van der Waals surface area contributed by atoms with E-state index in [9.17, 15) is 4.79 Å². The fraction of sp³-hybridized carbons (Fsp3) is 0.231. The van der Waals surface area contributed by atoms with Gasteiger partial charge in [-0.2, -0.15) is 4.98 Å². The van der Waals surface area contributed by atoms with E-state index in [1.54, 1.807) is 25.3 Å². The number of aromatic nitrogens is 4. The van der Waals surface area contributed by atoms with E-state index < -0.39 is 0 Å². The molecule has 0 aliphatic carbocycles. The predicted octanol–water partition coefficient (Wildman–Crippen LogP) is 0.676. The predicted molar refractivity (Wildman–Crippen MR) is 71.0 cm³/mol. The van der Waals surface area contributed by atoms with Gasteiger partial charge in [0, 0.05) is 25.7 Å². The number of hydrogen-bond acceptors (Lipinski definition) is 6. The van der Waals surface area contributed by atoms with Crippen molar-refractivity contribution >= 4 is 5.65 Å². The van der Waals surface area contributed by atoms with Gasteiger partial charge in [0.25, 0.3) is 5.56 Å². The zero-order valence-corrected chi connectivity index (χ0v) is 10.9. The van der Waals surface area contributed by atoms with Crippen LogP contribution in [0.4, 0.5) is 0 Å². The standard InChI is InChI=1S/C13H13N5O2/c1-9-15-11(17-20-9)8-14-7-10-6-13(19)18-5-3-2-4-12(18)16-10/h2-6,14H,7-8H2,1H3. The summed E-state index contributed by atoms with van der Waals surface area (Å²) in [5, 5.41) is 6.91. The Bertz CT molecular complexity index is 793. The van der Waals surface area contributed by atoms with Crippen LogP contribution >= 0.6 is 0 Å². The number of fused-ring (bicyclic) bond motifs is 1. The molecule has 3 aromatic heterocycles. The number of aryl methyl sites for hydroxylation is 1. The second-order valence-corrected chi connectivity index (χ2v) is 4.35. The molecule has 0 unspecified atom stereocenters. The lowest BCUT2D eigenvalue weighted by atomic mass is 10.3. The minimum Gasteiger partial charge on any atom is -0.340 e. The van der Waals surface area contributed by atoms with Gasteiger partial charge in [-0.15, -0.1) is 0 Å². The van der Waals surface area contributed by atoms with Gasteiger partial charge in [0.2, 0.25) is 5.89 Å². The maximum absolute atomic E-state index is 11.9. The molecule has 3 rings (SSSR count). The van der Waals surface area contributed by atoms with Crippen LogP contribution < -0.4 is 10.9 Å². The summed E-state index contributed by atoms with van der Waals surface area (Å²) in [6.07, 6.45) is 1.70. The molecule has 0 saturated heterocycles. The number of rotatable bonds is 4. The number of pyridine rings is 1. The maximum Gasteiger partial charge on any atom is 0.258 e. The van der Waals surface area contributed by atoms with Crippen LogP contribution in [0.25, 0.3) is 5.65 Å². The van der Waals surface area contributed by atoms with E-state index in [2.05, 4.69) is 20.4 Å². The summed E-state index contributed by atoms with van der Waals surface area (Å²) in [5.41, 5.74) is 1.22. The fourth-order valence-corrected chi connectivity index (χ4v) is 1.91. The van der Waals surface area contributed by atoms with Crippen molar-refractivity contribution in [2.75, 3.05) is 0 Å². The molecule has 102 valence electrons. The molecular formula is C13H13N5O2. The van der Waals surface area contributed by atoms with Gasteiger partial charge < -0.3 is 9.84 Å². The molecule has 7 nitrogen and oxygen atoms in total. The zero-order valence-electron chi connectivity index (χ0n) is 10.9. The molecule has 0 atom stereocenters. The number of hydrogen-bond donors (Lipinski definition) is 1. The van der Waals surface area contributed by atoms with Crippen LogP contribution in [-0.4, -0.2) is 19.5 Å². The average molecular weight is 271 g/mol. The summed E-state index contributed by atoms with van der Waals surface area (Å²) >= 11 is 0. The lowest BCUT2D eigenvalue weighted by Gasteiger charge is -2.04. The van der Waals surface area contributed by atoms with Gasteiger partial charge in [-0.25, -0.2) is 4.98 Å². The van der Waals surface area contributed by atoms with Crippen molar-refractivity contribution < 1.29 is 4.52 Å². The summed E-state index contributed by atoms with van der Waals surface area (Å²) in [6, 6.07) is 6.96. The molecule has 20 heavy (non-hydrogen) atoms. The Morgan fingerprint density at radius 1 is 1.30 bits per heavy atom. The summed E-state index contributed by atoms with van der Waals surface area (Å²) in [7, 11) is 0. The summed E-state index contributed by atoms with van der Waals surface area (Å²) < 4.78 is 6.38. The van der Waals surface area contributed by atoms with Crippen molar-refractivity contribution in [1.82, 2.24) is 24.8 Å². The molecule has 3 aromatic rings. The summed E-state index contributed by atoms with van der Waals surface area (Å²) in [6.45, 7) is 2.67. The molecule has 7 heteroatoms. The van der Waals surface area contributed by atoms with E-state index in [0.29, 0.717) is 36.1 Å². The summed E-state index contributed by atoms with van der Waals surface area (Å²) in [4.78, 5) is 20.4. The maximum atomic E-state index is 11.9. The van der Waals surface area contributed by atoms with E-state index in [-0.39, 0.29) is 5.56 Å². The van der Waals surface area contributed by atoms with Gasteiger partial charge in [0.05, 0.1) is 12.2 Å². The SMILES string of the molecule is Cc1nc(CNCc2cc(=O)n3ccccc3n2)no1. The minimum absolute atomic E-state index is 0.0946. The van der Waals surface area contributed by atoms with Gasteiger partial charge in [0.1, 0.15) is 5.65 Å². The molecular weight excluding hydrogens is 258 g/mol. The normalized spacial score (nSPS) is 11.1. The van der Waals surface area contributed by atoms with Crippen LogP contribution in [0.2, 0.25) is 0 Å². The van der Waals surface area contributed by atoms with Crippen molar-refractivity contribution in [3.63, 3.8) is 0 Å². The van der Waals surface area contributed by atoms with Crippen LogP contribution in [0.1, 0.15) is 17.4 Å². The Morgan fingerprint density at radius 2 is 2.20 bits per heavy atom. The van der Waals surface area contributed by atoms with Gasteiger partial charge in [-0.1, -0.05) is 11.2 Å². The Balaban J connectivity index is 1.73. The van der Waals surface area contributed by atoms with Gasteiger partial charge in [-0.3, -0.25) is 9.20 Å². The van der Waals surface area contributed by atoms with Crippen LogP contribution in [0, 0.1) is 6.92 Å². The Morgan fingerprint density at radius 3 is 3.00 bits per heavy atom. The van der Waals surface area contributed by atoms with Crippen molar-refractivity contribution in [3.05, 3.63) is 58.2 Å². The van der Waals surface area contributed by atoms with Crippen molar-refractivity contribution in [2.45, 2.75) is 20.0 Å². The van der Waals surface area contributed by atoms with E-state index >= 15 is 0 Å². The van der Waals surface area contributed by atoms with Crippen molar-refractivity contribution in [2.24, 2.45) is 0 Å². The van der Waals surface area contributed by atoms with Gasteiger partial charge >= 0.3 is 0 Å². The molecule has 0 aliphatic rings. The molecule has 1 N–H and O–H groups in total. The monoisotopic (exact) mass is 271 g/mol. The molecule has 0 amide bonds. The second-order valence-electron chi connectivity index (χ2n) is 4.35. The number of nitrogens with one attached hydrogen (secondary N) is 1. The van der Waals surface area contributed by atoms with Crippen LogP contribution in [0.15, 0.2) is 39.8 Å². The van der Waals surface area contributed by atoms with E-state index in [1.165, 1.54) is 10.5 Å². The third kappa shape index (κ3) is 2.57. The smallest absolute Gasteiger partial charge is 0.258 e. The Labute approximate surface area is 114 Å². The minimum atomic E-state index is -0.0946. The van der Waals surface area contributed by atoms with Crippen LogP contribution in [-0.2, 0) is 13.1 Å². The highest BCUT2D eigenvalue weighted by molar-refractivity contribution is 5.37. The fourth-order valence-electron chi connectivity index (χ4n) is 1.91.